The fourth-order valence-electron chi connectivity index (χ4n) is 1.18. The summed E-state index contributed by atoms with van der Waals surface area (Å²) in [4.78, 5) is 22.4. The molecule has 12 heavy (non-hydrogen) atoms. The van der Waals surface area contributed by atoms with E-state index in [-0.39, 0.29) is 11.6 Å². The van der Waals surface area contributed by atoms with Gasteiger partial charge in [0.1, 0.15) is 0 Å². The Morgan fingerprint density at radius 3 is 2.33 bits per heavy atom. The molecule has 0 saturated heterocycles. The highest BCUT2D eigenvalue weighted by Gasteiger charge is 2.17. The van der Waals surface area contributed by atoms with Gasteiger partial charge in [0, 0.05) is 11.1 Å². The number of allylic oxidation sites excluding steroid dienone is 2. The molecule has 0 heterocycles. The van der Waals surface area contributed by atoms with E-state index >= 15 is 0 Å². The van der Waals surface area contributed by atoms with Crippen LogP contribution in [0.25, 0.3) is 0 Å². The first kappa shape index (κ1) is 6.98. The molecule has 0 aromatic heterocycles. The molecule has 0 N–H and O–H groups in total. The van der Waals surface area contributed by atoms with Crippen molar-refractivity contribution in [3.63, 3.8) is 0 Å². The number of ketones is 2. The quantitative estimate of drug-likeness (QED) is 0.570. The van der Waals surface area contributed by atoms with Gasteiger partial charge in [0.05, 0.1) is 0 Å². The normalized spacial score (nSPS) is 14.7. The molecule has 1 aromatic carbocycles. The van der Waals surface area contributed by atoms with Gasteiger partial charge in [-0.25, -0.2) is 0 Å². The lowest BCUT2D eigenvalue weighted by molar-refractivity contribution is 0.0994. The molecule has 57 valence electrons. The van der Waals surface area contributed by atoms with E-state index in [0.717, 1.165) is 0 Å². The third-order valence-corrected chi connectivity index (χ3v) is 1.78. The maximum absolute atomic E-state index is 11.2. The zero-order valence-corrected chi connectivity index (χ0v) is 6.20. The smallest absolute Gasteiger partial charge is 0.186 e. The van der Waals surface area contributed by atoms with Crippen LogP contribution in [0, 0.1) is 6.07 Å². The van der Waals surface area contributed by atoms with Gasteiger partial charge in [0.15, 0.2) is 11.6 Å². The Morgan fingerprint density at radius 1 is 1.00 bits per heavy atom. The zero-order valence-electron chi connectivity index (χ0n) is 6.20. The van der Waals surface area contributed by atoms with Crippen LogP contribution in [-0.4, -0.2) is 11.6 Å². The summed E-state index contributed by atoms with van der Waals surface area (Å²) in [5, 5.41) is 0. The largest absolute Gasteiger partial charge is 0.289 e. The lowest BCUT2D eigenvalue weighted by Crippen LogP contribution is -2.10. The molecular weight excluding hydrogens is 152 g/mol. The minimum Gasteiger partial charge on any atom is -0.289 e. The minimum absolute atomic E-state index is 0.112. The van der Waals surface area contributed by atoms with Crippen molar-refractivity contribution in [2.75, 3.05) is 0 Å². The number of hydrogen-bond donors (Lipinski definition) is 0. The van der Waals surface area contributed by atoms with E-state index in [1.807, 2.05) is 0 Å². The highest BCUT2D eigenvalue weighted by molar-refractivity contribution is 6.21. The molecule has 0 aliphatic heterocycles. The van der Waals surface area contributed by atoms with Crippen LogP contribution in [-0.2, 0) is 0 Å². The van der Waals surface area contributed by atoms with Crippen LogP contribution in [0.4, 0.5) is 0 Å². The Balaban J connectivity index is 2.69. The van der Waals surface area contributed by atoms with Crippen molar-refractivity contribution in [3.05, 3.63) is 47.5 Å². The van der Waals surface area contributed by atoms with Crippen molar-refractivity contribution < 1.29 is 9.59 Å². The fraction of sp³-hybridized carbons (Fsp3) is 0. The second-order valence-electron chi connectivity index (χ2n) is 2.53. The topological polar surface area (TPSA) is 34.1 Å². The summed E-state index contributed by atoms with van der Waals surface area (Å²) in [7, 11) is 0. The van der Waals surface area contributed by atoms with Gasteiger partial charge in [-0.15, -0.1) is 0 Å². The van der Waals surface area contributed by atoms with Crippen LogP contribution in [0.5, 0.6) is 0 Å². The Labute approximate surface area is 69.5 Å². The van der Waals surface area contributed by atoms with E-state index < -0.39 is 0 Å². The number of hydrogen-bond acceptors (Lipinski definition) is 2. The molecule has 2 heteroatoms. The average molecular weight is 157 g/mol. The predicted octanol–water partition coefficient (Wildman–Crippen LogP) is 1.42. The van der Waals surface area contributed by atoms with Crippen molar-refractivity contribution >= 4 is 11.6 Å². The van der Waals surface area contributed by atoms with E-state index in [4.69, 9.17) is 0 Å². The van der Waals surface area contributed by atoms with E-state index in [1.165, 1.54) is 12.2 Å². The maximum atomic E-state index is 11.2. The van der Waals surface area contributed by atoms with Gasteiger partial charge in [-0.05, 0) is 30.4 Å². The van der Waals surface area contributed by atoms with Crippen LogP contribution in [0.1, 0.15) is 20.7 Å². The first-order valence-electron chi connectivity index (χ1n) is 3.56. The molecule has 0 spiro atoms. The van der Waals surface area contributed by atoms with Crippen molar-refractivity contribution in [2.24, 2.45) is 0 Å². The summed E-state index contributed by atoms with van der Waals surface area (Å²) in [5.41, 5.74) is 0.922. The van der Waals surface area contributed by atoms with Gasteiger partial charge in [-0.2, -0.15) is 0 Å². The summed E-state index contributed by atoms with van der Waals surface area (Å²) >= 11 is 0. The number of carbonyl (C=O) groups excluding carboxylic acids is 2. The molecule has 1 aliphatic carbocycles. The van der Waals surface area contributed by atoms with Crippen LogP contribution >= 0.6 is 0 Å². The Bertz CT molecular complexity index is 352. The van der Waals surface area contributed by atoms with Gasteiger partial charge in [0.25, 0.3) is 0 Å². The minimum atomic E-state index is -0.124. The van der Waals surface area contributed by atoms with E-state index in [2.05, 4.69) is 6.07 Å². The summed E-state index contributed by atoms with van der Waals surface area (Å²) in [6.45, 7) is 0. The molecule has 0 atom stereocenters. The lowest BCUT2D eigenvalue weighted by atomic mass is 9.95. The SMILES string of the molecule is O=C1C=CC(=O)c2cc[c]cc21. The summed E-state index contributed by atoms with van der Waals surface area (Å²) < 4.78 is 0. The van der Waals surface area contributed by atoms with Crippen LogP contribution in [0.2, 0.25) is 0 Å². The van der Waals surface area contributed by atoms with Crippen molar-refractivity contribution in [3.8, 4) is 0 Å². The van der Waals surface area contributed by atoms with Gasteiger partial charge in [-0.3, -0.25) is 9.59 Å². The first-order chi connectivity index (χ1) is 5.79. The number of fused-ring (bicyclic) bond motifs is 1. The Kier molecular flexibility index (Phi) is 1.40. The third kappa shape index (κ3) is 0.889. The number of carbonyl (C=O) groups is 2. The van der Waals surface area contributed by atoms with E-state index in [1.54, 1.807) is 18.2 Å². The zero-order chi connectivity index (χ0) is 8.55. The highest BCUT2D eigenvalue weighted by atomic mass is 16.1. The van der Waals surface area contributed by atoms with Gasteiger partial charge in [-0.1, -0.05) is 6.07 Å². The predicted molar refractivity (Wildman–Crippen MR) is 43.1 cm³/mol. The molecule has 0 saturated carbocycles. The molecule has 1 aromatic rings. The van der Waals surface area contributed by atoms with Crippen molar-refractivity contribution in [2.45, 2.75) is 0 Å². The molecule has 2 nitrogen and oxygen atoms in total. The summed E-state index contributed by atoms with van der Waals surface area (Å²) in [5.74, 6) is -0.236. The Morgan fingerprint density at radius 2 is 1.67 bits per heavy atom. The lowest BCUT2D eigenvalue weighted by Gasteiger charge is -2.06. The Hall–Kier alpha value is -1.70. The van der Waals surface area contributed by atoms with Gasteiger partial charge in [0.2, 0.25) is 0 Å². The molecular formula is C10H5O2. The maximum Gasteiger partial charge on any atom is 0.186 e. The molecule has 0 bridgehead atoms. The third-order valence-electron chi connectivity index (χ3n) is 1.78. The van der Waals surface area contributed by atoms with Gasteiger partial charge >= 0.3 is 0 Å². The molecule has 1 radical (unpaired) electrons. The molecule has 0 amide bonds. The van der Waals surface area contributed by atoms with E-state index in [9.17, 15) is 9.59 Å². The summed E-state index contributed by atoms with van der Waals surface area (Å²) in [6.07, 6.45) is 2.59. The van der Waals surface area contributed by atoms with E-state index in [0.29, 0.717) is 11.1 Å². The van der Waals surface area contributed by atoms with Gasteiger partial charge < -0.3 is 0 Å². The van der Waals surface area contributed by atoms with Crippen LogP contribution in [0.15, 0.2) is 30.4 Å². The second kappa shape index (κ2) is 2.41. The molecule has 1 aliphatic rings. The standard InChI is InChI=1S/C10H5O2/c11-9-5-6-10(12)8-4-2-1-3-7(8)9/h1,3-6H. The van der Waals surface area contributed by atoms with Crippen LogP contribution < -0.4 is 0 Å². The van der Waals surface area contributed by atoms with Crippen LogP contribution in [0.3, 0.4) is 0 Å². The molecule has 0 fully saturated rings. The fourth-order valence-corrected chi connectivity index (χ4v) is 1.18. The van der Waals surface area contributed by atoms with Crippen molar-refractivity contribution in [1.29, 1.82) is 0 Å². The molecule has 0 unspecified atom stereocenters. The monoisotopic (exact) mass is 157 g/mol. The number of rotatable bonds is 0. The average Bonchev–Trinajstić information content (AvgIpc) is 2.12. The highest BCUT2D eigenvalue weighted by Crippen LogP contribution is 2.15. The summed E-state index contributed by atoms with van der Waals surface area (Å²) in [6, 6.07) is 7.54. The second-order valence-corrected chi connectivity index (χ2v) is 2.53. The first-order valence-corrected chi connectivity index (χ1v) is 3.56. The van der Waals surface area contributed by atoms with Crippen molar-refractivity contribution in [1.82, 2.24) is 0 Å². The number of benzene rings is 1. The molecule has 2 rings (SSSR count).